The molecule has 0 bridgehead atoms. The number of hydrogen-bond acceptors (Lipinski definition) is 2. The van der Waals surface area contributed by atoms with Gasteiger partial charge in [0.2, 0.25) is 0 Å². The van der Waals surface area contributed by atoms with Gasteiger partial charge >= 0.3 is 0 Å². The third-order valence-electron chi connectivity index (χ3n) is 3.69. The van der Waals surface area contributed by atoms with Gasteiger partial charge in [0, 0.05) is 23.1 Å². The van der Waals surface area contributed by atoms with Crippen LogP contribution in [0.3, 0.4) is 0 Å². The summed E-state index contributed by atoms with van der Waals surface area (Å²) in [5.41, 5.74) is 1.04. The van der Waals surface area contributed by atoms with Gasteiger partial charge in [0.15, 0.2) is 0 Å². The zero-order valence-corrected chi connectivity index (χ0v) is 14.3. The summed E-state index contributed by atoms with van der Waals surface area (Å²) in [4.78, 5) is 2.36. The Hall–Kier alpha value is 0.0400. The summed E-state index contributed by atoms with van der Waals surface area (Å²) in [5, 5.41) is 4.77. The number of hydrogen-bond donors (Lipinski definition) is 1. The van der Waals surface area contributed by atoms with Gasteiger partial charge in [-0.1, -0.05) is 30.1 Å². The zero-order chi connectivity index (χ0) is 14.0. The van der Waals surface area contributed by atoms with Gasteiger partial charge in [0.05, 0.1) is 15.7 Å². The second-order valence-corrected chi connectivity index (χ2v) is 6.63. The molecule has 1 aromatic rings. The second-order valence-electron chi connectivity index (χ2n) is 5.02. The topological polar surface area (TPSA) is 15.3 Å². The smallest absolute Gasteiger partial charge is 0.0837 e. The Kier molecular flexibility index (Phi) is 5.41. The van der Waals surface area contributed by atoms with Gasteiger partial charge in [-0.2, -0.15) is 0 Å². The van der Waals surface area contributed by atoms with Crippen LogP contribution in [0, 0.1) is 0 Å². The molecular formula is C14H19BrCl2N2. The highest BCUT2D eigenvalue weighted by molar-refractivity contribution is 9.10. The summed E-state index contributed by atoms with van der Waals surface area (Å²) >= 11 is 16.0. The van der Waals surface area contributed by atoms with Gasteiger partial charge in [-0.05, 0) is 54.4 Å². The molecule has 1 aliphatic heterocycles. The number of nitrogens with zero attached hydrogens (tertiary/aromatic N) is 1. The minimum Gasteiger partial charge on any atom is -0.367 e. The molecule has 1 aromatic carbocycles. The summed E-state index contributed by atoms with van der Waals surface area (Å²) in [7, 11) is 0. The molecule has 1 fully saturated rings. The quantitative estimate of drug-likeness (QED) is 0.779. The van der Waals surface area contributed by atoms with Crippen molar-refractivity contribution in [3.05, 3.63) is 26.7 Å². The van der Waals surface area contributed by atoms with E-state index in [1.807, 2.05) is 12.1 Å². The van der Waals surface area contributed by atoms with Crippen LogP contribution in [0.4, 0.5) is 5.69 Å². The normalized spacial score (nSPS) is 23.7. The summed E-state index contributed by atoms with van der Waals surface area (Å²) < 4.78 is 0.845. The largest absolute Gasteiger partial charge is 0.367 e. The van der Waals surface area contributed by atoms with E-state index in [2.05, 4.69) is 40.0 Å². The van der Waals surface area contributed by atoms with Crippen LogP contribution in [-0.4, -0.2) is 25.2 Å². The van der Waals surface area contributed by atoms with E-state index in [4.69, 9.17) is 23.2 Å². The molecule has 1 saturated heterocycles. The van der Waals surface area contributed by atoms with E-state index in [0.717, 1.165) is 36.1 Å². The number of halogens is 3. The molecule has 0 amide bonds. The van der Waals surface area contributed by atoms with Crippen LogP contribution >= 0.6 is 39.1 Å². The van der Waals surface area contributed by atoms with E-state index in [-0.39, 0.29) is 0 Å². The second kappa shape index (κ2) is 6.66. The van der Waals surface area contributed by atoms with Gasteiger partial charge < -0.3 is 10.2 Å². The lowest BCUT2D eigenvalue weighted by Gasteiger charge is -2.40. The Labute approximate surface area is 133 Å². The molecule has 2 atom stereocenters. The van der Waals surface area contributed by atoms with Crippen molar-refractivity contribution >= 4 is 44.8 Å². The first-order chi connectivity index (χ1) is 9.04. The van der Waals surface area contributed by atoms with Crippen molar-refractivity contribution < 1.29 is 0 Å². The third-order valence-corrected chi connectivity index (χ3v) is 5.45. The number of rotatable bonds is 3. The van der Waals surface area contributed by atoms with Crippen molar-refractivity contribution in [2.24, 2.45) is 0 Å². The number of anilines is 1. The van der Waals surface area contributed by atoms with Gasteiger partial charge in [-0.25, -0.2) is 0 Å². The molecule has 5 heteroatoms. The fraction of sp³-hybridized carbons (Fsp3) is 0.571. The van der Waals surface area contributed by atoms with Gasteiger partial charge in [-0.3, -0.25) is 0 Å². The van der Waals surface area contributed by atoms with Crippen LogP contribution in [0.5, 0.6) is 0 Å². The molecular weight excluding hydrogens is 347 g/mol. The fourth-order valence-corrected chi connectivity index (χ4v) is 3.62. The Morgan fingerprint density at radius 2 is 2.11 bits per heavy atom. The first kappa shape index (κ1) is 15.4. The number of nitrogens with one attached hydrogen (secondary N) is 1. The predicted molar refractivity (Wildman–Crippen MR) is 87.7 cm³/mol. The lowest BCUT2D eigenvalue weighted by molar-refractivity contribution is 0.374. The maximum absolute atomic E-state index is 6.38. The third kappa shape index (κ3) is 3.38. The Morgan fingerprint density at radius 3 is 2.74 bits per heavy atom. The van der Waals surface area contributed by atoms with Crippen LogP contribution < -0.4 is 10.2 Å². The number of piperidine rings is 1. The molecule has 1 N–H and O–H groups in total. The average Bonchev–Trinajstić information content (AvgIpc) is 2.38. The maximum Gasteiger partial charge on any atom is 0.0837 e. The summed E-state index contributed by atoms with van der Waals surface area (Å²) in [6.45, 7) is 6.44. The summed E-state index contributed by atoms with van der Waals surface area (Å²) in [6, 6.07) is 5.09. The molecule has 0 aromatic heterocycles. The van der Waals surface area contributed by atoms with Gasteiger partial charge in [0.25, 0.3) is 0 Å². The van der Waals surface area contributed by atoms with E-state index >= 15 is 0 Å². The van der Waals surface area contributed by atoms with Crippen LogP contribution in [0.25, 0.3) is 0 Å². The molecule has 19 heavy (non-hydrogen) atoms. The van der Waals surface area contributed by atoms with E-state index < -0.39 is 0 Å². The van der Waals surface area contributed by atoms with Crippen molar-refractivity contribution in [1.82, 2.24) is 5.32 Å². The van der Waals surface area contributed by atoms with Gasteiger partial charge in [0.1, 0.15) is 0 Å². The van der Waals surface area contributed by atoms with Crippen molar-refractivity contribution in [1.29, 1.82) is 0 Å². The first-order valence-corrected chi connectivity index (χ1v) is 8.23. The van der Waals surface area contributed by atoms with Crippen molar-refractivity contribution in [3.63, 3.8) is 0 Å². The molecule has 0 aliphatic carbocycles. The minimum absolute atomic E-state index is 0.465. The van der Waals surface area contributed by atoms with Crippen LogP contribution in [0.2, 0.25) is 10.0 Å². The molecule has 0 spiro atoms. The van der Waals surface area contributed by atoms with Crippen LogP contribution in [0.1, 0.15) is 26.7 Å². The highest BCUT2D eigenvalue weighted by Gasteiger charge is 2.27. The zero-order valence-electron chi connectivity index (χ0n) is 11.2. The molecule has 2 rings (SSSR count). The standard InChI is InChI=1S/C14H19BrCl2N2/c1-3-18-10-6-7-19(9(2)8-10)12-5-4-11(15)13(16)14(12)17/h4-5,9-10,18H,3,6-8H2,1-2H3. The molecule has 0 saturated carbocycles. The highest BCUT2D eigenvalue weighted by Crippen LogP contribution is 2.39. The average molecular weight is 366 g/mol. The monoisotopic (exact) mass is 364 g/mol. The van der Waals surface area contributed by atoms with Crippen molar-refractivity contribution in [2.75, 3.05) is 18.0 Å². The van der Waals surface area contributed by atoms with Gasteiger partial charge in [-0.15, -0.1) is 0 Å². The van der Waals surface area contributed by atoms with E-state index in [1.54, 1.807) is 0 Å². The molecule has 2 nitrogen and oxygen atoms in total. The lowest BCUT2D eigenvalue weighted by atomic mass is 9.97. The first-order valence-electron chi connectivity index (χ1n) is 6.68. The minimum atomic E-state index is 0.465. The highest BCUT2D eigenvalue weighted by atomic mass is 79.9. The summed E-state index contributed by atoms with van der Waals surface area (Å²) in [6.07, 6.45) is 2.28. The summed E-state index contributed by atoms with van der Waals surface area (Å²) in [5.74, 6) is 0. The van der Waals surface area contributed by atoms with E-state index in [1.165, 1.54) is 0 Å². The van der Waals surface area contributed by atoms with Crippen molar-refractivity contribution in [3.8, 4) is 0 Å². The van der Waals surface area contributed by atoms with E-state index in [9.17, 15) is 0 Å². The molecule has 0 radical (unpaired) electrons. The van der Waals surface area contributed by atoms with Crippen LogP contribution in [-0.2, 0) is 0 Å². The maximum atomic E-state index is 6.38. The molecule has 106 valence electrons. The Balaban J connectivity index is 2.17. The number of benzene rings is 1. The lowest BCUT2D eigenvalue weighted by Crippen LogP contribution is -2.47. The molecule has 2 unspecified atom stereocenters. The van der Waals surface area contributed by atoms with Crippen molar-refractivity contribution in [2.45, 2.75) is 38.8 Å². The predicted octanol–water partition coefficient (Wildman–Crippen LogP) is 4.72. The Bertz CT molecular complexity index is 453. The van der Waals surface area contributed by atoms with Crippen LogP contribution in [0.15, 0.2) is 16.6 Å². The molecule has 1 heterocycles. The Morgan fingerprint density at radius 1 is 1.37 bits per heavy atom. The SMILES string of the molecule is CCNC1CCN(c2ccc(Br)c(Cl)c2Cl)C(C)C1. The fourth-order valence-electron chi connectivity index (χ4n) is 2.74. The van der Waals surface area contributed by atoms with E-state index in [0.29, 0.717) is 22.1 Å². The molecule has 1 aliphatic rings.